The average Bonchev–Trinajstić information content (AvgIpc) is 3.23. The highest BCUT2D eigenvalue weighted by molar-refractivity contribution is 5.94. The molecule has 1 aromatic carbocycles. The summed E-state index contributed by atoms with van der Waals surface area (Å²) in [6.07, 6.45) is 2.33. The number of nitrogens with one attached hydrogen (secondary N) is 1. The van der Waals surface area contributed by atoms with Crippen LogP contribution in [0.15, 0.2) is 24.3 Å². The van der Waals surface area contributed by atoms with E-state index in [1.165, 1.54) is 18.4 Å². The maximum atomic E-state index is 12.3. The van der Waals surface area contributed by atoms with Crippen LogP contribution in [0, 0.1) is 5.92 Å². The highest BCUT2D eigenvalue weighted by atomic mass is 35.5. The lowest BCUT2D eigenvalue weighted by atomic mass is 9.95. The second-order valence-corrected chi connectivity index (χ2v) is 6.13. The van der Waals surface area contributed by atoms with Gasteiger partial charge in [0.2, 0.25) is 0 Å². The molecule has 4 heteroatoms. The third-order valence-electron chi connectivity index (χ3n) is 4.14. The molecule has 3 nitrogen and oxygen atoms in total. The van der Waals surface area contributed by atoms with Gasteiger partial charge >= 0.3 is 0 Å². The molecule has 0 heterocycles. The molecule has 112 valence electrons. The van der Waals surface area contributed by atoms with Crippen molar-refractivity contribution in [3.63, 3.8) is 0 Å². The molecule has 0 aromatic heterocycles. The average molecular weight is 297 g/mol. The first kappa shape index (κ1) is 17.0. The summed E-state index contributed by atoms with van der Waals surface area (Å²) in [5.41, 5.74) is 7.53. The summed E-state index contributed by atoms with van der Waals surface area (Å²) < 4.78 is 0. The Labute approximate surface area is 127 Å². The fourth-order valence-electron chi connectivity index (χ4n) is 2.39. The van der Waals surface area contributed by atoms with Crippen molar-refractivity contribution in [3.8, 4) is 0 Å². The largest absolute Gasteiger partial charge is 0.345 e. The first-order valence-corrected chi connectivity index (χ1v) is 7.09. The Morgan fingerprint density at radius 3 is 2.30 bits per heavy atom. The van der Waals surface area contributed by atoms with Gasteiger partial charge in [0, 0.05) is 12.1 Å². The fourth-order valence-corrected chi connectivity index (χ4v) is 2.39. The quantitative estimate of drug-likeness (QED) is 0.877. The molecule has 1 fully saturated rings. The van der Waals surface area contributed by atoms with E-state index >= 15 is 0 Å². The lowest BCUT2D eigenvalue weighted by Gasteiger charge is -2.29. The number of rotatable bonds is 5. The van der Waals surface area contributed by atoms with Crippen molar-refractivity contribution in [2.75, 3.05) is 6.54 Å². The van der Waals surface area contributed by atoms with Crippen molar-refractivity contribution in [1.29, 1.82) is 0 Å². The molecule has 0 radical (unpaired) electrons. The van der Waals surface area contributed by atoms with Crippen LogP contribution < -0.4 is 11.1 Å². The smallest absolute Gasteiger partial charge is 0.251 e. The molecule has 1 aliphatic rings. The van der Waals surface area contributed by atoms with E-state index in [1.807, 2.05) is 31.2 Å². The van der Waals surface area contributed by atoms with Crippen molar-refractivity contribution < 1.29 is 4.79 Å². The molecular formula is C16H25ClN2O. The zero-order chi connectivity index (χ0) is 14.0. The second kappa shape index (κ2) is 6.59. The molecule has 0 bridgehead atoms. The summed E-state index contributed by atoms with van der Waals surface area (Å²) >= 11 is 0. The van der Waals surface area contributed by atoms with E-state index in [0.29, 0.717) is 23.9 Å². The Balaban J connectivity index is 0.00000200. The van der Waals surface area contributed by atoms with Gasteiger partial charge < -0.3 is 11.1 Å². The monoisotopic (exact) mass is 296 g/mol. The predicted octanol–water partition coefficient (Wildman–Crippen LogP) is 3.09. The number of halogens is 1. The second-order valence-electron chi connectivity index (χ2n) is 6.13. The highest BCUT2D eigenvalue weighted by Gasteiger charge is 2.41. The molecule has 3 N–H and O–H groups in total. The van der Waals surface area contributed by atoms with E-state index in [-0.39, 0.29) is 23.9 Å². The first-order chi connectivity index (χ1) is 8.96. The minimum atomic E-state index is -0.256. The molecular weight excluding hydrogens is 272 g/mol. The minimum absolute atomic E-state index is 0. The minimum Gasteiger partial charge on any atom is -0.345 e. The summed E-state index contributed by atoms with van der Waals surface area (Å²) in [4.78, 5) is 12.3. The highest BCUT2D eigenvalue weighted by Crippen LogP contribution is 2.39. The Morgan fingerprint density at radius 1 is 1.35 bits per heavy atom. The molecule has 1 aromatic rings. The molecule has 1 aliphatic carbocycles. The SMILES string of the molecule is CC(C)c1ccc(C(=O)NC(C)(CN)C2CC2)cc1.Cl. The topological polar surface area (TPSA) is 55.1 Å². The number of nitrogens with two attached hydrogens (primary N) is 1. The first-order valence-electron chi connectivity index (χ1n) is 7.09. The van der Waals surface area contributed by atoms with Crippen LogP contribution in [-0.2, 0) is 0 Å². The molecule has 1 atom stereocenters. The van der Waals surface area contributed by atoms with Crippen LogP contribution in [0.2, 0.25) is 0 Å². The van der Waals surface area contributed by atoms with Gasteiger partial charge in [-0.1, -0.05) is 26.0 Å². The lowest BCUT2D eigenvalue weighted by molar-refractivity contribution is 0.0898. The molecule has 1 amide bonds. The molecule has 2 rings (SSSR count). The number of hydrogen-bond donors (Lipinski definition) is 2. The third kappa shape index (κ3) is 3.74. The molecule has 1 saturated carbocycles. The summed E-state index contributed by atoms with van der Waals surface area (Å²) in [6.45, 7) is 6.83. The summed E-state index contributed by atoms with van der Waals surface area (Å²) in [6, 6.07) is 7.84. The van der Waals surface area contributed by atoms with Crippen molar-refractivity contribution in [1.82, 2.24) is 5.32 Å². The number of benzene rings is 1. The van der Waals surface area contributed by atoms with Crippen molar-refractivity contribution in [3.05, 3.63) is 35.4 Å². The van der Waals surface area contributed by atoms with Crippen LogP contribution >= 0.6 is 12.4 Å². The zero-order valence-corrected chi connectivity index (χ0v) is 13.3. The van der Waals surface area contributed by atoms with Gasteiger partial charge in [-0.05, 0) is 49.3 Å². The molecule has 1 unspecified atom stereocenters. The summed E-state index contributed by atoms with van der Waals surface area (Å²) in [7, 11) is 0. The van der Waals surface area contributed by atoms with Crippen molar-refractivity contribution in [2.24, 2.45) is 11.7 Å². The van der Waals surface area contributed by atoms with Crippen LogP contribution in [0.3, 0.4) is 0 Å². The number of amides is 1. The fraction of sp³-hybridized carbons (Fsp3) is 0.562. The normalized spacial score (nSPS) is 17.2. The Kier molecular flexibility index (Phi) is 5.60. The van der Waals surface area contributed by atoms with Gasteiger partial charge in [-0.2, -0.15) is 0 Å². The van der Waals surface area contributed by atoms with Gasteiger partial charge in [0.25, 0.3) is 5.91 Å². The van der Waals surface area contributed by atoms with E-state index in [4.69, 9.17) is 5.73 Å². The van der Waals surface area contributed by atoms with Gasteiger partial charge in [0.1, 0.15) is 0 Å². The molecule has 0 saturated heterocycles. The Bertz CT molecular complexity index is 454. The predicted molar refractivity (Wildman–Crippen MR) is 85.4 cm³/mol. The van der Waals surface area contributed by atoms with Gasteiger partial charge in [0.15, 0.2) is 0 Å². The van der Waals surface area contributed by atoms with E-state index in [1.54, 1.807) is 0 Å². The van der Waals surface area contributed by atoms with Gasteiger partial charge in [-0.3, -0.25) is 4.79 Å². The van der Waals surface area contributed by atoms with E-state index in [2.05, 4.69) is 19.2 Å². The molecule has 0 spiro atoms. The zero-order valence-electron chi connectivity index (χ0n) is 12.5. The van der Waals surface area contributed by atoms with Gasteiger partial charge in [-0.15, -0.1) is 12.4 Å². The van der Waals surface area contributed by atoms with Crippen LogP contribution in [-0.4, -0.2) is 18.0 Å². The molecule has 0 aliphatic heterocycles. The van der Waals surface area contributed by atoms with E-state index < -0.39 is 0 Å². The van der Waals surface area contributed by atoms with Crippen LogP contribution in [0.1, 0.15) is 55.5 Å². The van der Waals surface area contributed by atoms with Crippen LogP contribution in [0.25, 0.3) is 0 Å². The number of hydrogen-bond acceptors (Lipinski definition) is 2. The maximum absolute atomic E-state index is 12.3. The molecule has 20 heavy (non-hydrogen) atoms. The summed E-state index contributed by atoms with van der Waals surface area (Å²) in [5, 5.41) is 3.11. The maximum Gasteiger partial charge on any atom is 0.251 e. The number of carbonyl (C=O) groups is 1. The van der Waals surface area contributed by atoms with Gasteiger partial charge in [0.05, 0.1) is 5.54 Å². The van der Waals surface area contributed by atoms with Crippen LogP contribution in [0.4, 0.5) is 0 Å². The standard InChI is InChI=1S/C16H24N2O.ClH/c1-11(2)12-4-6-13(7-5-12)15(19)18-16(3,10-17)14-8-9-14;/h4-7,11,14H,8-10,17H2,1-3H3,(H,18,19);1H. The van der Waals surface area contributed by atoms with Crippen molar-refractivity contribution >= 4 is 18.3 Å². The Hall–Kier alpha value is -1.06. The van der Waals surface area contributed by atoms with E-state index in [0.717, 1.165) is 0 Å². The Morgan fingerprint density at radius 2 is 1.90 bits per heavy atom. The van der Waals surface area contributed by atoms with Gasteiger partial charge in [-0.25, -0.2) is 0 Å². The van der Waals surface area contributed by atoms with E-state index in [9.17, 15) is 4.79 Å². The third-order valence-corrected chi connectivity index (χ3v) is 4.14. The van der Waals surface area contributed by atoms with Crippen molar-refractivity contribution in [2.45, 2.75) is 45.1 Å². The van der Waals surface area contributed by atoms with Crippen LogP contribution in [0.5, 0.6) is 0 Å². The summed E-state index contributed by atoms with van der Waals surface area (Å²) in [5.74, 6) is 1.00. The number of carbonyl (C=O) groups excluding carboxylic acids is 1. The lowest BCUT2D eigenvalue weighted by Crippen LogP contribution is -2.53.